The van der Waals surface area contributed by atoms with E-state index >= 15 is 0 Å². The van der Waals surface area contributed by atoms with E-state index < -0.39 is 0 Å². The Morgan fingerprint density at radius 3 is 2.12 bits per heavy atom. The number of nitrogens with one attached hydrogen (secondary N) is 2. The molecule has 2 N–H and O–H groups in total. The average molecular weight is 342 g/mol. The lowest BCUT2D eigenvalue weighted by Gasteiger charge is -2.28. The number of benzene rings is 1. The summed E-state index contributed by atoms with van der Waals surface area (Å²) in [6.07, 6.45) is 7.97. The van der Waals surface area contributed by atoms with Crippen molar-refractivity contribution in [1.82, 2.24) is 5.32 Å². The predicted molar refractivity (Wildman–Crippen MR) is 100 cm³/mol. The number of rotatable bonds is 4. The first-order chi connectivity index (χ1) is 12.0. The molecule has 0 atom stereocenters. The highest BCUT2D eigenvalue weighted by Gasteiger charge is 2.31. The monoisotopic (exact) mass is 342 g/mol. The fourth-order valence-corrected chi connectivity index (χ4v) is 4.13. The molecule has 2 aliphatic carbocycles. The number of hydrogen-bond donors (Lipinski definition) is 2. The summed E-state index contributed by atoms with van der Waals surface area (Å²) in [5.41, 5.74) is 3.22. The van der Waals surface area contributed by atoms with Crippen molar-refractivity contribution in [3.63, 3.8) is 0 Å². The minimum absolute atomic E-state index is 0.0236. The molecule has 0 aromatic heterocycles. The summed E-state index contributed by atoms with van der Waals surface area (Å²) < 4.78 is 0. The lowest BCUT2D eigenvalue weighted by Crippen LogP contribution is -2.39. The molecule has 1 aromatic carbocycles. The zero-order valence-corrected chi connectivity index (χ0v) is 15.4. The Balaban J connectivity index is 1.48. The summed E-state index contributed by atoms with van der Waals surface area (Å²) in [6.45, 7) is 4.09. The molecule has 2 fully saturated rings. The molecule has 2 aliphatic rings. The van der Waals surface area contributed by atoms with Crippen LogP contribution in [0, 0.1) is 25.7 Å². The Morgan fingerprint density at radius 1 is 0.880 bits per heavy atom. The maximum Gasteiger partial charge on any atom is 0.227 e. The van der Waals surface area contributed by atoms with Gasteiger partial charge >= 0.3 is 0 Å². The van der Waals surface area contributed by atoms with Gasteiger partial charge in [-0.25, -0.2) is 0 Å². The van der Waals surface area contributed by atoms with Crippen LogP contribution in [-0.2, 0) is 9.59 Å². The van der Waals surface area contributed by atoms with Crippen LogP contribution in [0.4, 0.5) is 5.69 Å². The molecule has 25 heavy (non-hydrogen) atoms. The van der Waals surface area contributed by atoms with Gasteiger partial charge < -0.3 is 10.6 Å². The topological polar surface area (TPSA) is 58.2 Å². The standard InChI is InChI=1S/C21H30N2O2/c1-14-6-5-9-19(15(14)2)23-21(25)17-12-10-16(11-13-17)20(24)22-18-7-3-4-8-18/h5-6,9,16-18H,3-4,7-8,10-13H2,1-2H3,(H,22,24)(H,23,25). The Labute approximate surface area is 150 Å². The van der Waals surface area contributed by atoms with Gasteiger partial charge in [0.25, 0.3) is 0 Å². The average Bonchev–Trinajstić information content (AvgIpc) is 3.12. The first kappa shape index (κ1) is 18.0. The number of hydrogen-bond acceptors (Lipinski definition) is 2. The summed E-state index contributed by atoms with van der Waals surface area (Å²) in [6, 6.07) is 6.38. The fraction of sp³-hybridized carbons (Fsp3) is 0.619. The van der Waals surface area contributed by atoms with E-state index in [1.54, 1.807) is 0 Å². The van der Waals surface area contributed by atoms with Gasteiger partial charge in [-0.2, -0.15) is 0 Å². The van der Waals surface area contributed by atoms with Crippen LogP contribution in [0.1, 0.15) is 62.5 Å². The van der Waals surface area contributed by atoms with Crippen LogP contribution in [0.15, 0.2) is 18.2 Å². The van der Waals surface area contributed by atoms with Crippen molar-refractivity contribution in [3.05, 3.63) is 29.3 Å². The van der Waals surface area contributed by atoms with E-state index in [4.69, 9.17) is 0 Å². The highest BCUT2D eigenvalue weighted by atomic mass is 16.2. The minimum Gasteiger partial charge on any atom is -0.353 e. The second-order valence-corrected chi connectivity index (χ2v) is 7.78. The third kappa shape index (κ3) is 4.42. The second-order valence-electron chi connectivity index (χ2n) is 7.78. The van der Waals surface area contributed by atoms with Crippen molar-refractivity contribution in [2.24, 2.45) is 11.8 Å². The summed E-state index contributed by atoms with van der Waals surface area (Å²) in [5.74, 6) is 0.421. The van der Waals surface area contributed by atoms with Gasteiger partial charge in [-0.1, -0.05) is 25.0 Å². The summed E-state index contributed by atoms with van der Waals surface area (Å²) in [7, 11) is 0. The summed E-state index contributed by atoms with van der Waals surface area (Å²) in [4.78, 5) is 25.0. The minimum atomic E-state index is 0.0236. The molecule has 0 bridgehead atoms. The molecule has 0 spiro atoms. The van der Waals surface area contributed by atoms with E-state index in [0.717, 1.165) is 49.8 Å². The molecule has 1 aromatic rings. The maximum atomic E-state index is 12.6. The Kier molecular flexibility index (Phi) is 5.77. The number of carbonyl (C=O) groups excluding carboxylic acids is 2. The number of amides is 2. The smallest absolute Gasteiger partial charge is 0.227 e. The van der Waals surface area contributed by atoms with Gasteiger partial charge in [0.1, 0.15) is 0 Å². The van der Waals surface area contributed by atoms with Crippen molar-refractivity contribution < 1.29 is 9.59 Å². The van der Waals surface area contributed by atoms with Crippen LogP contribution < -0.4 is 10.6 Å². The summed E-state index contributed by atoms with van der Waals surface area (Å²) in [5, 5.41) is 6.29. The van der Waals surface area contributed by atoms with Crippen molar-refractivity contribution in [1.29, 1.82) is 0 Å². The second kappa shape index (κ2) is 8.03. The van der Waals surface area contributed by atoms with E-state index in [2.05, 4.69) is 23.6 Å². The fourth-order valence-electron chi connectivity index (χ4n) is 4.13. The molecule has 0 radical (unpaired) electrons. The van der Waals surface area contributed by atoms with E-state index in [1.807, 2.05) is 19.1 Å². The molecule has 0 heterocycles. The lowest BCUT2D eigenvalue weighted by atomic mass is 9.81. The van der Waals surface area contributed by atoms with Crippen molar-refractivity contribution in [2.75, 3.05) is 5.32 Å². The van der Waals surface area contributed by atoms with Gasteiger partial charge in [-0.3, -0.25) is 9.59 Å². The van der Waals surface area contributed by atoms with Crippen LogP contribution >= 0.6 is 0 Å². The van der Waals surface area contributed by atoms with Gasteiger partial charge in [-0.05, 0) is 69.6 Å². The molecule has 3 rings (SSSR count). The van der Waals surface area contributed by atoms with Crippen LogP contribution in [0.5, 0.6) is 0 Å². The molecule has 2 saturated carbocycles. The van der Waals surface area contributed by atoms with E-state index in [1.165, 1.54) is 18.4 Å². The van der Waals surface area contributed by atoms with Crippen molar-refractivity contribution >= 4 is 17.5 Å². The molecule has 136 valence electrons. The molecule has 0 unspecified atom stereocenters. The van der Waals surface area contributed by atoms with Gasteiger partial charge in [0.15, 0.2) is 0 Å². The van der Waals surface area contributed by atoms with E-state index in [9.17, 15) is 9.59 Å². The first-order valence-corrected chi connectivity index (χ1v) is 9.72. The highest BCUT2D eigenvalue weighted by molar-refractivity contribution is 5.93. The van der Waals surface area contributed by atoms with E-state index in [-0.39, 0.29) is 23.7 Å². The van der Waals surface area contributed by atoms with Crippen LogP contribution in [0.3, 0.4) is 0 Å². The third-order valence-corrected chi connectivity index (χ3v) is 6.03. The molecule has 0 saturated heterocycles. The number of carbonyl (C=O) groups is 2. The SMILES string of the molecule is Cc1cccc(NC(=O)C2CCC(C(=O)NC3CCCC3)CC2)c1C. The van der Waals surface area contributed by atoms with Crippen LogP contribution in [0.2, 0.25) is 0 Å². The van der Waals surface area contributed by atoms with Gasteiger partial charge in [0.05, 0.1) is 0 Å². The molecular weight excluding hydrogens is 312 g/mol. The lowest BCUT2D eigenvalue weighted by molar-refractivity contribution is -0.129. The zero-order valence-electron chi connectivity index (χ0n) is 15.4. The van der Waals surface area contributed by atoms with Crippen LogP contribution in [-0.4, -0.2) is 17.9 Å². The molecular formula is C21H30N2O2. The highest BCUT2D eigenvalue weighted by Crippen LogP contribution is 2.31. The predicted octanol–water partition coefficient (Wildman–Crippen LogP) is 4.11. The quantitative estimate of drug-likeness (QED) is 0.865. The van der Waals surface area contributed by atoms with Crippen molar-refractivity contribution in [3.8, 4) is 0 Å². The molecule has 2 amide bonds. The zero-order chi connectivity index (χ0) is 17.8. The number of anilines is 1. The van der Waals surface area contributed by atoms with Crippen molar-refractivity contribution in [2.45, 2.75) is 71.3 Å². The van der Waals surface area contributed by atoms with E-state index in [0.29, 0.717) is 6.04 Å². The Bertz CT molecular complexity index is 627. The third-order valence-electron chi connectivity index (χ3n) is 6.03. The number of aryl methyl sites for hydroxylation is 1. The maximum absolute atomic E-state index is 12.6. The van der Waals surface area contributed by atoms with Gasteiger partial charge in [0.2, 0.25) is 11.8 Å². The largest absolute Gasteiger partial charge is 0.353 e. The summed E-state index contributed by atoms with van der Waals surface area (Å²) >= 11 is 0. The normalized spacial score (nSPS) is 24.1. The first-order valence-electron chi connectivity index (χ1n) is 9.72. The Morgan fingerprint density at radius 2 is 1.48 bits per heavy atom. The molecule has 0 aliphatic heterocycles. The molecule has 4 heteroatoms. The van der Waals surface area contributed by atoms with Crippen LogP contribution in [0.25, 0.3) is 0 Å². The van der Waals surface area contributed by atoms with Gasteiger partial charge in [-0.15, -0.1) is 0 Å². The Hall–Kier alpha value is -1.84. The molecule has 4 nitrogen and oxygen atoms in total. The van der Waals surface area contributed by atoms with Gasteiger partial charge in [0, 0.05) is 23.6 Å².